The minimum atomic E-state index is -0.0968. The zero-order valence-electron chi connectivity index (χ0n) is 14.9. The van der Waals surface area contributed by atoms with E-state index in [1.54, 1.807) is 23.0 Å². The van der Waals surface area contributed by atoms with Crippen molar-refractivity contribution in [2.24, 2.45) is 5.10 Å². The highest BCUT2D eigenvalue weighted by atomic mass is 16.5. The third-order valence-corrected chi connectivity index (χ3v) is 3.94. The molecule has 1 N–H and O–H groups in total. The summed E-state index contributed by atoms with van der Waals surface area (Å²) < 4.78 is 12.3. The maximum absolute atomic E-state index is 12.9. The van der Waals surface area contributed by atoms with E-state index in [9.17, 15) is 4.79 Å². The largest absolute Gasteiger partial charge is 0.463 e. The highest BCUT2D eigenvalue weighted by molar-refractivity contribution is 5.96. The molecule has 0 fully saturated rings. The Morgan fingerprint density at radius 2 is 2.15 bits per heavy atom. The third-order valence-electron chi connectivity index (χ3n) is 3.94. The van der Waals surface area contributed by atoms with Crippen LogP contribution in [-0.2, 0) is 11.3 Å². The van der Waals surface area contributed by atoms with E-state index in [-0.39, 0.29) is 5.56 Å². The zero-order valence-corrected chi connectivity index (χ0v) is 14.9. The second kappa shape index (κ2) is 8.44. The molecule has 0 amide bonds. The van der Waals surface area contributed by atoms with Gasteiger partial charge >= 0.3 is 0 Å². The minimum Gasteiger partial charge on any atom is -0.463 e. The van der Waals surface area contributed by atoms with Crippen LogP contribution in [0.4, 0.5) is 5.95 Å². The Morgan fingerprint density at radius 3 is 2.92 bits per heavy atom. The van der Waals surface area contributed by atoms with Gasteiger partial charge in [0.2, 0.25) is 5.95 Å². The van der Waals surface area contributed by atoms with Crippen LogP contribution in [0.15, 0.2) is 57.0 Å². The fourth-order valence-electron chi connectivity index (χ4n) is 2.60. The molecule has 0 spiro atoms. The van der Waals surface area contributed by atoms with Crippen molar-refractivity contribution < 1.29 is 9.15 Å². The lowest BCUT2D eigenvalue weighted by Crippen LogP contribution is -2.25. The fraction of sp³-hybridized carbons (Fsp3) is 0.316. The number of furan rings is 1. The second-order valence-electron chi connectivity index (χ2n) is 5.75. The van der Waals surface area contributed by atoms with E-state index >= 15 is 0 Å². The molecule has 0 aliphatic rings. The second-order valence-corrected chi connectivity index (χ2v) is 5.75. The number of fused-ring (bicyclic) bond motifs is 1. The van der Waals surface area contributed by atoms with Crippen LogP contribution in [0.3, 0.4) is 0 Å². The molecular weight excluding hydrogens is 332 g/mol. The van der Waals surface area contributed by atoms with Crippen LogP contribution in [0.2, 0.25) is 0 Å². The molecule has 0 bridgehead atoms. The molecule has 26 heavy (non-hydrogen) atoms. The first-order valence-electron chi connectivity index (χ1n) is 8.62. The lowest BCUT2D eigenvalue weighted by Gasteiger charge is -2.13. The number of nitrogens with one attached hydrogen (secondary N) is 1. The summed E-state index contributed by atoms with van der Waals surface area (Å²) in [5.74, 6) is 1.06. The van der Waals surface area contributed by atoms with Gasteiger partial charge in [0.05, 0.1) is 17.2 Å². The van der Waals surface area contributed by atoms with E-state index in [0.29, 0.717) is 54.5 Å². The number of para-hydroxylation sites is 1. The van der Waals surface area contributed by atoms with Crippen molar-refractivity contribution in [1.29, 1.82) is 0 Å². The quantitative estimate of drug-likeness (QED) is 0.381. The first kappa shape index (κ1) is 17.9. The van der Waals surface area contributed by atoms with Gasteiger partial charge in [-0.2, -0.15) is 5.10 Å². The molecule has 1 aromatic carbocycles. The summed E-state index contributed by atoms with van der Waals surface area (Å²) in [7, 11) is 0. The summed E-state index contributed by atoms with van der Waals surface area (Å²) in [6, 6.07) is 10.9. The molecule has 2 aromatic heterocycles. The van der Waals surface area contributed by atoms with E-state index in [1.165, 1.54) is 0 Å². The SMILES string of the molecule is CCOCCCn1c(N/N=C(/C)c2ccco2)nc2ccccc2c1=O. The Bertz CT molecular complexity index is 945. The molecule has 136 valence electrons. The molecule has 0 unspecified atom stereocenters. The van der Waals surface area contributed by atoms with Crippen molar-refractivity contribution in [3.8, 4) is 0 Å². The topological polar surface area (TPSA) is 81.7 Å². The van der Waals surface area contributed by atoms with Gasteiger partial charge in [0.25, 0.3) is 5.56 Å². The minimum absolute atomic E-state index is 0.0968. The van der Waals surface area contributed by atoms with Crippen LogP contribution in [0, 0.1) is 0 Å². The van der Waals surface area contributed by atoms with Gasteiger partial charge in [0, 0.05) is 19.8 Å². The Hall–Kier alpha value is -2.93. The van der Waals surface area contributed by atoms with Crippen LogP contribution in [0.5, 0.6) is 0 Å². The first-order valence-corrected chi connectivity index (χ1v) is 8.62. The lowest BCUT2D eigenvalue weighted by molar-refractivity contribution is 0.141. The van der Waals surface area contributed by atoms with E-state index in [2.05, 4.69) is 15.5 Å². The number of anilines is 1. The maximum atomic E-state index is 12.9. The number of rotatable bonds is 8. The van der Waals surface area contributed by atoms with E-state index < -0.39 is 0 Å². The van der Waals surface area contributed by atoms with Gasteiger partial charge in [-0.3, -0.25) is 9.36 Å². The summed E-state index contributed by atoms with van der Waals surface area (Å²) in [4.78, 5) is 17.4. The summed E-state index contributed by atoms with van der Waals surface area (Å²) >= 11 is 0. The number of hydrogen-bond acceptors (Lipinski definition) is 6. The van der Waals surface area contributed by atoms with Crippen molar-refractivity contribution in [3.05, 3.63) is 58.8 Å². The van der Waals surface area contributed by atoms with Crippen LogP contribution in [0.1, 0.15) is 26.0 Å². The molecule has 2 heterocycles. The Labute approximate surface area is 151 Å². The summed E-state index contributed by atoms with van der Waals surface area (Å²) in [5.41, 5.74) is 4.11. The smallest absolute Gasteiger partial charge is 0.262 e. The zero-order chi connectivity index (χ0) is 18.4. The van der Waals surface area contributed by atoms with Gasteiger partial charge in [-0.25, -0.2) is 10.4 Å². The molecule has 0 radical (unpaired) electrons. The predicted molar refractivity (Wildman–Crippen MR) is 102 cm³/mol. The number of nitrogens with zero attached hydrogens (tertiary/aromatic N) is 3. The molecule has 7 heteroatoms. The summed E-state index contributed by atoms with van der Waals surface area (Å²) in [6.07, 6.45) is 2.30. The van der Waals surface area contributed by atoms with Crippen molar-refractivity contribution in [2.45, 2.75) is 26.8 Å². The average molecular weight is 354 g/mol. The predicted octanol–water partition coefficient (Wildman–Crippen LogP) is 3.25. The van der Waals surface area contributed by atoms with Crippen molar-refractivity contribution in [2.75, 3.05) is 18.6 Å². The third kappa shape index (κ3) is 4.00. The molecular formula is C19H22N4O3. The van der Waals surface area contributed by atoms with E-state index in [0.717, 1.165) is 0 Å². The maximum Gasteiger partial charge on any atom is 0.262 e. The van der Waals surface area contributed by atoms with Gasteiger partial charge in [-0.1, -0.05) is 12.1 Å². The van der Waals surface area contributed by atoms with Gasteiger partial charge in [0.1, 0.15) is 11.5 Å². The standard InChI is InChI=1S/C19H22N4O3/c1-3-25-12-7-11-23-18(24)15-8-4-5-9-16(15)20-19(23)22-21-14(2)17-10-6-13-26-17/h4-6,8-10,13H,3,7,11-12H2,1-2H3,(H,20,22)/b21-14-. The molecule has 0 saturated heterocycles. The lowest BCUT2D eigenvalue weighted by atomic mass is 10.2. The first-order chi connectivity index (χ1) is 12.7. The monoisotopic (exact) mass is 354 g/mol. The van der Waals surface area contributed by atoms with Crippen LogP contribution >= 0.6 is 0 Å². The number of ether oxygens (including phenoxy) is 1. The van der Waals surface area contributed by atoms with E-state index in [4.69, 9.17) is 9.15 Å². The van der Waals surface area contributed by atoms with Gasteiger partial charge in [-0.15, -0.1) is 0 Å². The average Bonchev–Trinajstić information content (AvgIpc) is 3.20. The Kier molecular flexibility index (Phi) is 5.80. The molecule has 0 atom stereocenters. The number of aromatic nitrogens is 2. The fourth-order valence-corrected chi connectivity index (χ4v) is 2.60. The molecule has 7 nitrogen and oxygen atoms in total. The van der Waals surface area contributed by atoms with Crippen molar-refractivity contribution >= 4 is 22.6 Å². The Balaban J connectivity index is 1.93. The summed E-state index contributed by atoms with van der Waals surface area (Å²) in [5, 5.41) is 4.89. The number of benzene rings is 1. The highest BCUT2D eigenvalue weighted by Gasteiger charge is 2.11. The van der Waals surface area contributed by atoms with Gasteiger partial charge < -0.3 is 9.15 Å². The van der Waals surface area contributed by atoms with Gasteiger partial charge in [-0.05, 0) is 44.5 Å². The van der Waals surface area contributed by atoms with Crippen molar-refractivity contribution in [1.82, 2.24) is 9.55 Å². The Morgan fingerprint density at radius 1 is 1.31 bits per heavy atom. The molecule has 0 saturated carbocycles. The van der Waals surface area contributed by atoms with E-state index in [1.807, 2.05) is 38.1 Å². The van der Waals surface area contributed by atoms with Crippen LogP contribution in [-0.4, -0.2) is 28.5 Å². The molecule has 0 aliphatic heterocycles. The van der Waals surface area contributed by atoms with Crippen LogP contribution in [0.25, 0.3) is 10.9 Å². The van der Waals surface area contributed by atoms with Gasteiger partial charge in [0.15, 0.2) is 0 Å². The number of hydrazone groups is 1. The molecule has 0 aliphatic carbocycles. The summed E-state index contributed by atoms with van der Waals surface area (Å²) in [6.45, 7) is 5.51. The normalized spacial score (nSPS) is 11.8. The highest BCUT2D eigenvalue weighted by Crippen LogP contribution is 2.12. The molecule has 3 rings (SSSR count). The molecule has 3 aromatic rings. The van der Waals surface area contributed by atoms with Crippen LogP contribution < -0.4 is 11.0 Å². The number of hydrogen-bond donors (Lipinski definition) is 1. The van der Waals surface area contributed by atoms with Crippen molar-refractivity contribution in [3.63, 3.8) is 0 Å².